The number of aromatic nitrogens is 13. The second-order valence-corrected chi connectivity index (χ2v) is 30.2. The van der Waals surface area contributed by atoms with E-state index in [9.17, 15) is 40.2 Å². The molecule has 0 amide bonds. The molecule has 0 atom stereocenters. The summed E-state index contributed by atoms with van der Waals surface area (Å²) in [5.41, 5.74) is 12.1. The second kappa shape index (κ2) is 43.4. The summed E-state index contributed by atoms with van der Waals surface area (Å²) in [7, 11) is 0. The number of ketones is 4. The number of nitriles is 4. The molecule has 0 aliphatic heterocycles. The molecule has 4 aliphatic rings. The third-order valence-electron chi connectivity index (χ3n) is 22.6. The smallest absolute Gasteiger partial charge is 0.222 e. The van der Waals surface area contributed by atoms with Crippen molar-refractivity contribution in [3.8, 4) is 24.3 Å². The zero-order valence-corrected chi connectivity index (χ0v) is 66.0. The van der Waals surface area contributed by atoms with Crippen LogP contribution in [-0.4, -0.2) is 113 Å². The van der Waals surface area contributed by atoms with Gasteiger partial charge in [0.15, 0.2) is 0 Å². The van der Waals surface area contributed by atoms with Crippen LogP contribution < -0.4 is 21.3 Å². The van der Waals surface area contributed by atoms with Crippen LogP contribution in [-0.2, 0) is 77.2 Å². The molecular formula is C86H109N21O4. The van der Waals surface area contributed by atoms with Crippen molar-refractivity contribution < 1.29 is 19.2 Å². The van der Waals surface area contributed by atoms with Crippen LogP contribution >= 0.6 is 0 Å². The molecule has 8 heterocycles. The standard InChI is InChI=1S/C22H27N5O.C22H29N5O.C21H26N6O.C21H27N5O/c1-15-18(4-3-10-24-15)9-11-25-22-26-14-20(13-23)21(27-22)12-17-5-7-19(8-6-17)16(2)28;1-3-20-5-4-11-27(20)12-10-24-22-25-15-19(14-23)21(26-22)13-17-6-8-18(9-7-17)16(2)28;1-14-19(24-10-9-23-14)7-8-25-21-26-13-18(12-22)20(27-21)11-16-3-5-17(6-4-16)15(2)28;1-15-4-3-10-26(15)11-9-23-21-24-14-19(13-22)20(25-21)12-17-5-7-18(8-6-17)16(2)27/h3-4,10,14,17,19H,5-9,11-12H2,1-2H3,(H,25,26,27);4-5,11,15,17-18H,3,6-10,12-13H2,1-2H3,(H,24,25,26);9-10,13,16-17H,3-8,11H2,1-2H3,(H,25,26,27);3-4,10,14,17-18H,5-9,11-12H2,1-2H3,(H,23,24,25). The minimum Gasteiger partial charge on any atom is -0.354 e. The molecule has 0 aromatic carbocycles. The van der Waals surface area contributed by atoms with Crippen molar-refractivity contribution in [1.82, 2.24) is 64.0 Å². The van der Waals surface area contributed by atoms with Gasteiger partial charge >= 0.3 is 0 Å². The topological polar surface area (TPSA) is 363 Å². The Balaban J connectivity index is 0.000000170. The Bertz CT molecular complexity index is 4400. The number of pyridine rings is 1. The van der Waals surface area contributed by atoms with Gasteiger partial charge in [0.25, 0.3) is 0 Å². The van der Waals surface area contributed by atoms with E-state index in [1.54, 1.807) is 71.1 Å². The molecule has 25 nitrogen and oxygen atoms in total. The summed E-state index contributed by atoms with van der Waals surface area (Å²) in [6, 6.07) is 21.2. The van der Waals surface area contributed by atoms with Crippen LogP contribution in [0.2, 0.25) is 0 Å². The first-order chi connectivity index (χ1) is 53.8. The Labute approximate surface area is 654 Å². The fourth-order valence-electron chi connectivity index (χ4n) is 15.6. The van der Waals surface area contributed by atoms with Crippen LogP contribution in [0.25, 0.3) is 0 Å². The number of carbonyl (C=O) groups is 4. The summed E-state index contributed by atoms with van der Waals surface area (Å²) < 4.78 is 4.40. The molecule has 582 valence electrons. The van der Waals surface area contributed by atoms with Crippen molar-refractivity contribution in [1.29, 1.82) is 21.0 Å². The van der Waals surface area contributed by atoms with Crippen molar-refractivity contribution in [3.05, 3.63) is 171 Å². The lowest BCUT2D eigenvalue weighted by Gasteiger charge is -2.26. The van der Waals surface area contributed by atoms with Crippen LogP contribution in [0.5, 0.6) is 0 Å². The maximum atomic E-state index is 11.6. The molecule has 0 saturated heterocycles. The van der Waals surface area contributed by atoms with Gasteiger partial charge in [0.2, 0.25) is 23.8 Å². The van der Waals surface area contributed by atoms with Crippen LogP contribution in [0.4, 0.5) is 23.8 Å². The summed E-state index contributed by atoms with van der Waals surface area (Å²) >= 11 is 0. The summed E-state index contributed by atoms with van der Waals surface area (Å²) in [5.74, 6) is 6.22. The number of nitrogens with one attached hydrogen (secondary N) is 4. The minimum absolute atomic E-state index is 0.207. The van der Waals surface area contributed by atoms with Gasteiger partial charge in [0.05, 0.1) is 81.2 Å². The summed E-state index contributed by atoms with van der Waals surface area (Å²) in [4.78, 5) is 94.7. The lowest BCUT2D eigenvalue weighted by Crippen LogP contribution is -2.22. The van der Waals surface area contributed by atoms with Gasteiger partial charge in [0.1, 0.15) is 47.4 Å². The number of carbonyl (C=O) groups excluding carboxylic acids is 4. The molecule has 8 aromatic heterocycles. The van der Waals surface area contributed by atoms with E-state index in [1.165, 1.54) is 17.0 Å². The molecule has 8 aromatic rings. The fraction of sp³-hybridized carbons (Fsp3) is 0.523. The molecule has 4 aliphatic carbocycles. The van der Waals surface area contributed by atoms with Gasteiger partial charge in [-0.25, -0.2) is 39.9 Å². The largest absolute Gasteiger partial charge is 0.354 e. The molecular weight excluding hydrogens is 1390 g/mol. The van der Waals surface area contributed by atoms with E-state index in [2.05, 4.69) is 160 Å². The second-order valence-electron chi connectivity index (χ2n) is 30.2. The Hall–Kier alpha value is -11.1. The molecule has 0 bridgehead atoms. The van der Waals surface area contributed by atoms with E-state index < -0.39 is 0 Å². The zero-order chi connectivity index (χ0) is 79.0. The quantitative estimate of drug-likeness (QED) is 0.0338. The normalized spacial score (nSPS) is 19.2. The van der Waals surface area contributed by atoms with Crippen molar-refractivity contribution in [2.45, 2.75) is 216 Å². The first kappa shape index (κ1) is 84.0. The van der Waals surface area contributed by atoms with E-state index in [0.717, 1.165) is 214 Å². The summed E-state index contributed by atoms with van der Waals surface area (Å²) in [5, 5.41) is 50.7. The Kier molecular flexibility index (Phi) is 32.8. The predicted molar refractivity (Wildman–Crippen MR) is 426 cm³/mol. The third-order valence-corrected chi connectivity index (χ3v) is 22.6. The Morgan fingerprint density at radius 3 is 1.08 bits per heavy atom. The molecule has 0 spiro atoms. The summed E-state index contributed by atoms with van der Waals surface area (Å²) in [6.07, 6.45) is 37.2. The molecule has 0 radical (unpaired) electrons. The number of rotatable bonds is 29. The zero-order valence-electron chi connectivity index (χ0n) is 66.0. The molecule has 12 rings (SSSR count). The highest BCUT2D eigenvalue weighted by Gasteiger charge is 2.30. The highest BCUT2D eigenvalue weighted by atomic mass is 16.1. The lowest BCUT2D eigenvalue weighted by atomic mass is 9.78. The maximum Gasteiger partial charge on any atom is 0.222 e. The first-order valence-corrected chi connectivity index (χ1v) is 39.7. The van der Waals surface area contributed by atoms with Crippen molar-refractivity contribution in [2.24, 2.45) is 47.3 Å². The van der Waals surface area contributed by atoms with Crippen LogP contribution in [0.15, 0.2) is 92.2 Å². The Morgan fingerprint density at radius 2 is 0.739 bits per heavy atom. The van der Waals surface area contributed by atoms with Gasteiger partial charge in [-0.2, -0.15) is 21.0 Å². The predicted octanol–water partition coefficient (Wildman–Crippen LogP) is 14.0. The average molecular weight is 1500 g/mol. The monoisotopic (exact) mass is 1500 g/mol. The van der Waals surface area contributed by atoms with Crippen molar-refractivity contribution in [3.63, 3.8) is 0 Å². The molecule has 111 heavy (non-hydrogen) atoms. The molecule has 4 N–H and O–H groups in total. The maximum absolute atomic E-state index is 11.6. The average Bonchev–Trinajstić information content (AvgIpc) is 1.24. The van der Waals surface area contributed by atoms with E-state index >= 15 is 0 Å². The van der Waals surface area contributed by atoms with Crippen molar-refractivity contribution >= 4 is 46.9 Å². The third kappa shape index (κ3) is 26.1. The number of Topliss-reactive ketones (excluding diaryl/α,β-unsaturated/α-hetero) is 4. The number of nitrogens with zero attached hydrogens (tertiary/aromatic N) is 17. The summed E-state index contributed by atoms with van der Waals surface area (Å²) in [6.45, 7) is 19.4. The number of hydrogen-bond acceptors (Lipinski definition) is 23. The van der Waals surface area contributed by atoms with Gasteiger partial charge in [0, 0.05) is 117 Å². The van der Waals surface area contributed by atoms with E-state index in [1.807, 2.05) is 26.0 Å². The fourth-order valence-corrected chi connectivity index (χ4v) is 15.6. The molecule has 4 fully saturated rings. The van der Waals surface area contributed by atoms with Gasteiger partial charge in [-0.15, -0.1) is 0 Å². The highest BCUT2D eigenvalue weighted by Crippen LogP contribution is 2.36. The van der Waals surface area contributed by atoms with E-state index in [-0.39, 0.29) is 23.7 Å². The SMILES string of the molecule is CC(=O)C1CCC(Cc2nc(NCCc3cccnc3C)ncc2C#N)CC1.CC(=O)C1CCC(Cc2nc(NCCc3nccnc3C)ncc2C#N)CC1.CC(=O)C1CCC(Cc2nc(NCCn3cccc3C)ncc2C#N)CC1.CCc1cccn1CCNc1ncc(C#N)c(CC2CCC(C(C)=O)CC2)n1. The highest BCUT2D eigenvalue weighted by molar-refractivity contribution is 5.79. The van der Waals surface area contributed by atoms with Crippen molar-refractivity contribution in [2.75, 3.05) is 47.4 Å². The van der Waals surface area contributed by atoms with E-state index in [0.29, 0.717) is 106 Å². The van der Waals surface area contributed by atoms with Gasteiger partial charge in [-0.1, -0.05) is 13.0 Å². The molecule has 25 heteroatoms. The Morgan fingerprint density at radius 1 is 0.396 bits per heavy atom. The van der Waals surface area contributed by atoms with Crippen LogP contribution in [0.3, 0.4) is 0 Å². The number of anilines is 4. The van der Waals surface area contributed by atoms with Gasteiger partial charge in [-0.05, 0) is 249 Å². The van der Waals surface area contributed by atoms with E-state index in [4.69, 9.17) is 0 Å². The van der Waals surface area contributed by atoms with Crippen LogP contribution in [0, 0.1) is 113 Å². The van der Waals surface area contributed by atoms with Gasteiger partial charge < -0.3 is 30.4 Å². The first-order valence-electron chi connectivity index (χ1n) is 39.7. The van der Waals surface area contributed by atoms with Gasteiger partial charge in [-0.3, -0.25) is 34.1 Å². The molecule has 0 unspecified atom stereocenters. The lowest BCUT2D eigenvalue weighted by molar-refractivity contribution is -0.122. The van der Waals surface area contributed by atoms with Crippen LogP contribution in [0.1, 0.15) is 216 Å². The number of aryl methyl sites for hydroxylation is 4. The number of hydrogen-bond donors (Lipinski definition) is 4. The minimum atomic E-state index is 0.207. The molecule has 4 saturated carbocycles.